The summed E-state index contributed by atoms with van der Waals surface area (Å²) in [7, 11) is 0. The number of nitrogens with zero attached hydrogens (tertiary/aromatic N) is 5. The normalized spacial score (nSPS) is 23.7. The Hall–Kier alpha value is -2.90. The van der Waals surface area contributed by atoms with Crippen molar-refractivity contribution in [1.29, 1.82) is 0 Å². The van der Waals surface area contributed by atoms with Crippen LogP contribution in [-0.2, 0) is 11.3 Å². The molecule has 3 aromatic rings. The summed E-state index contributed by atoms with van der Waals surface area (Å²) in [5.74, 6) is 0.341. The molecule has 0 bridgehead atoms. The topological polar surface area (TPSA) is 169 Å². The maximum Gasteiger partial charge on any atom is 0.269 e. The molecule has 1 fully saturated rings. The Morgan fingerprint density at radius 1 is 1.27 bits per heavy atom. The van der Waals surface area contributed by atoms with Crippen molar-refractivity contribution in [2.75, 3.05) is 11.9 Å². The van der Waals surface area contributed by atoms with Gasteiger partial charge in [-0.3, -0.25) is 14.7 Å². The number of nitro groups is 1. The first kappa shape index (κ1) is 20.4. The Balaban J connectivity index is 1.60. The lowest BCUT2D eigenvalue weighted by molar-refractivity contribution is -0.384. The molecular weight excluding hydrogens is 420 g/mol. The van der Waals surface area contributed by atoms with Crippen LogP contribution in [0.4, 0.5) is 11.5 Å². The van der Waals surface area contributed by atoms with Crippen LogP contribution in [0.25, 0.3) is 11.2 Å². The van der Waals surface area contributed by atoms with Crippen LogP contribution in [0.2, 0.25) is 5.02 Å². The molecule has 0 spiro atoms. The summed E-state index contributed by atoms with van der Waals surface area (Å²) in [6, 6.07) is 4.13. The van der Waals surface area contributed by atoms with E-state index in [1.54, 1.807) is 0 Å². The summed E-state index contributed by atoms with van der Waals surface area (Å²) in [4.78, 5) is 23.0. The Bertz CT molecular complexity index is 1090. The highest BCUT2D eigenvalue weighted by molar-refractivity contribution is 6.31. The second-order valence-electron chi connectivity index (χ2n) is 6.66. The van der Waals surface area contributed by atoms with E-state index in [-0.39, 0.29) is 12.2 Å². The van der Waals surface area contributed by atoms with Crippen LogP contribution in [0, 0.1) is 10.1 Å². The number of anilines is 1. The zero-order valence-electron chi connectivity index (χ0n) is 15.3. The highest BCUT2D eigenvalue weighted by Crippen LogP contribution is 2.32. The maximum atomic E-state index is 11.0. The van der Waals surface area contributed by atoms with Gasteiger partial charge in [-0.25, -0.2) is 15.0 Å². The van der Waals surface area contributed by atoms with E-state index in [0.717, 1.165) is 0 Å². The Labute approximate surface area is 173 Å². The number of ether oxygens (including phenoxy) is 1. The first-order valence-electron chi connectivity index (χ1n) is 8.87. The summed E-state index contributed by atoms with van der Waals surface area (Å²) in [6.07, 6.45) is -1.80. The zero-order chi connectivity index (χ0) is 21.4. The van der Waals surface area contributed by atoms with E-state index in [0.29, 0.717) is 27.6 Å². The van der Waals surface area contributed by atoms with E-state index in [9.17, 15) is 25.4 Å². The van der Waals surface area contributed by atoms with Crippen molar-refractivity contribution in [3.63, 3.8) is 0 Å². The van der Waals surface area contributed by atoms with Crippen LogP contribution in [0.5, 0.6) is 0 Å². The SMILES string of the molecule is O=[N+]([O-])c1ccc(Cl)c(CNc2ncnc3c2ncn3C2O[C@H](CO)[C@@H](O)[C@H]2O)c1. The number of fused-ring (bicyclic) bond motifs is 1. The molecule has 1 aliphatic heterocycles. The quantitative estimate of drug-likeness (QED) is 0.317. The Kier molecular flexibility index (Phi) is 5.49. The third kappa shape index (κ3) is 3.55. The molecule has 3 heterocycles. The molecule has 0 saturated carbocycles. The van der Waals surface area contributed by atoms with Gasteiger partial charge in [-0.2, -0.15) is 0 Å². The summed E-state index contributed by atoms with van der Waals surface area (Å²) < 4.78 is 6.96. The Morgan fingerprint density at radius 2 is 2.07 bits per heavy atom. The third-order valence-corrected chi connectivity index (χ3v) is 5.21. The summed E-state index contributed by atoms with van der Waals surface area (Å²) in [5.41, 5.74) is 1.10. The molecule has 0 aliphatic carbocycles. The number of imidazole rings is 1. The van der Waals surface area contributed by atoms with E-state index in [2.05, 4.69) is 20.3 Å². The minimum Gasteiger partial charge on any atom is -0.394 e. The van der Waals surface area contributed by atoms with Crippen molar-refractivity contribution >= 4 is 34.3 Å². The van der Waals surface area contributed by atoms with E-state index >= 15 is 0 Å². The van der Waals surface area contributed by atoms with Crippen molar-refractivity contribution in [1.82, 2.24) is 19.5 Å². The number of aliphatic hydroxyl groups is 3. The minimum absolute atomic E-state index is 0.0855. The second kappa shape index (κ2) is 8.08. The predicted octanol–water partition coefficient (Wildman–Crippen LogP) is 0.611. The molecule has 4 N–H and O–H groups in total. The molecule has 0 radical (unpaired) electrons. The van der Waals surface area contributed by atoms with Crippen LogP contribution >= 0.6 is 11.6 Å². The van der Waals surface area contributed by atoms with Gasteiger partial charge in [0.25, 0.3) is 5.69 Å². The highest BCUT2D eigenvalue weighted by atomic mass is 35.5. The number of aromatic nitrogens is 4. The lowest BCUT2D eigenvalue weighted by Gasteiger charge is -2.16. The number of benzene rings is 1. The van der Waals surface area contributed by atoms with E-state index in [4.69, 9.17) is 16.3 Å². The van der Waals surface area contributed by atoms with E-state index in [1.165, 1.54) is 35.4 Å². The van der Waals surface area contributed by atoms with Gasteiger partial charge in [-0.1, -0.05) is 11.6 Å². The lowest BCUT2D eigenvalue weighted by Crippen LogP contribution is -2.33. The van der Waals surface area contributed by atoms with Crippen LogP contribution < -0.4 is 5.32 Å². The first-order chi connectivity index (χ1) is 14.4. The van der Waals surface area contributed by atoms with Crippen molar-refractivity contribution in [2.24, 2.45) is 0 Å². The fourth-order valence-electron chi connectivity index (χ4n) is 3.27. The Morgan fingerprint density at radius 3 is 2.77 bits per heavy atom. The monoisotopic (exact) mass is 436 g/mol. The van der Waals surface area contributed by atoms with Gasteiger partial charge >= 0.3 is 0 Å². The molecule has 1 saturated heterocycles. The summed E-state index contributed by atoms with van der Waals surface area (Å²) in [5, 5.41) is 43.9. The molecule has 2 aromatic heterocycles. The minimum atomic E-state index is -1.28. The van der Waals surface area contributed by atoms with Gasteiger partial charge in [0.1, 0.15) is 24.6 Å². The van der Waals surface area contributed by atoms with Gasteiger partial charge in [-0.05, 0) is 11.6 Å². The molecule has 12 nitrogen and oxygen atoms in total. The van der Waals surface area contributed by atoms with Gasteiger partial charge in [-0.15, -0.1) is 0 Å². The number of non-ortho nitro benzene ring substituents is 1. The van der Waals surface area contributed by atoms with Gasteiger partial charge in [0.15, 0.2) is 23.2 Å². The maximum absolute atomic E-state index is 11.0. The lowest BCUT2D eigenvalue weighted by atomic mass is 10.1. The predicted molar refractivity (Wildman–Crippen MR) is 104 cm³/mol. The fraction of sp³-hybridized carbons (Fsp3) is 0.353. The number of halogens is 1. The van der Waals surface area contributed by atoms with Crippen molar-refractivity contribution in [3.05, 3.63) is 51.6 Å². The molecule has 0 amide bonds. The van der Waals surface area contributed by atoms with Gasteiger partial charge < -0.3 is 25.4 Å². The van der Waals surface area contributed by atoms with Gasteiger partial charge in [0.05, 0.1) is 17.9 Å². The number of hydrogen-bond acceptors (Lipinski definition) is 10. The second-order valence-corrected chi connectivity index (χ2v) is 7.07. The number of aliphatic hydroxyl groups excluding tert-OH is 3. The van der Waals surface area contributed by atoms with Gasteiger partial charge in [0, 0.05) is 23.7 Å². The van der Waals surface area contributed by atoms with Crippen molar-refractivity contribution in [2.45, 2.75) is 31.1 Å². The third-order valence-electron chi connectivity index (χ3n) is 4.84. The largest absolute Gasteiger partial charge is 0.394 e. The van der Waals surface area contributed by atoms with Crippen LogP contribution in [0.3, 0.4) is 0 Å². The molecule has 30 heavy (non-hydrogen) atoms. The van der Waals surface area contributed by atoms with E-state index in [1.807, 2.05) is 0 Å². The summed E-state index contributed by atoms with van der Waals surface area (Å²) >= 11 is 6.13. The first-order valence-corrected chi connectivity index (χ1v) is 9.25. The molecule has 13 heteroatoms. The molecule has 4 atom stereocenters. The van der Waals surface area contributed by atoms with Crippen molar-refractivity contribution < 1.29 is 25.0 Å². The summed E-state index contributed by atoms with van der Waals surface area (Å²) in [6.45, 7) is -0.305. The average Bonchev–Trinajstić information content (AvgIpc) is 3.28. The van der Waals surface area contributed by atoms with E-state index < -0.39 is 36.1 Å². The average molecular weight is 437 g/mol. The smallest absolute Gasteiger partial charge is 0.269 e. The molecule has 4 rings (SSSR count). The van der Waals surface area contributed by atoms with Crippen LogP contribution in [-0.4, -0.2) is 64.7 Å². The standard InChI is InChI=1S/C17H17ClN6O6/c18-10-2-1-9(24(28)29)3-8(10)4-19-15-12-16(21-6-20-15)23(7-22-12)17-14(27)13(26)11(5-25)30-17/h1-3,6-7,11,13-14,17,25-27H,4-5H2,(H,19,20,21)/t11-,13-,14-,17?/m1/s1. The number of nitro benzene ring substituents is 1. The van der Waals surface area contributed by atoms with Crippen LogP contribution in [0.1, 0.15) is 11.8 Å². The highest BCUT2D eigenvalue weighted by Gasteiger charge is 2.44. The molecule has 1 unspecified atom stereocenters. The zero-order valence-corrected chi connectivity index (χ0v) is 16.0. The molecule has 158 valence electrons. The molecular formula is C17H17ClN6O6. The van der Waals surface area contributed by atoms with Gasteiger partial charge in [0.2, 0.25) is 0 Å². The number of hydrogen-bond donors (Lipinski definition) is 4. The fourth-order valence-corrected chi connectivity index (χ4v) is 3.45. The number of nitrogens with one attached hydrogen (secondary N) is 1. The molecule has 1 aromatic carbocycles. The van der Waals surface area contributed by atoms with Crippen molar-refractivity contribution in [3.8, 4) is 0 Å². The number of rotatable bonds is 6. The van der Waals surface area contributed by atoms with Crippen LogP contribution in [0.15, 0.2) is 30.9 Å². The molecule has 1 aliphatic rings.